The van der Waals surface area contributed by atoms with Crippen LogP contribution in [-0.4, -0.2) is 31.1 Å². The molecule has 20 heavy (non-hydrogen) atoms. The monoisotopic (exact) mass is 285 g/mol. The second kappa shape index (κ2) is 5.18. The van der Waals surface area contributed by atoms with Crippen LogP contribution in [0.2, 0.25) is 0 Å². The van der Waals surface area contributed by atoms with E-state index in [2.05, 4.69) is 5.32 Å². The molecule has 6 heteroatoms. The van der Waals surface area contributed by atoms with Crippen molar-refractivity contribution in [3.05, 3.63) is 35.1 Å². The molecule has 0 amide bonds. The van der Waals surface area contributed by atoms with E-state index in [0.717, 1.165) is 6.07 Å². The van der Waals surface area contributed by atoms with Gasteiger partial charge in [0, 0.05) is 24.1 Å². The first-order valence-corrected chi connectivity index (χ1v) is 6.57. The number of carbonyl (C=O) groups excluding carboxylic acids is 1. The van der Waals surface area contributed by atoms with E-state index in [1.807, 2.05) is 0 Å². The average molecular weight is 285 g/mol. The molecule has 2 bridgehead atoms. The number of piperidine rings is 1. The Morgan fingerprint density at radius 3 is 2.45 bits per heavy atom. The van der Waals surface area contributed by atoms with Crippen LogP contribution in [0.1, 0.15) is 23.2 Å². The van der Waals surface area contributed by atoms with Crippen LogP contribution in [0, 0.1) is 23.4 Å². The quantitative estimate of drug-likeness (QED) is 0.667. The third kappa shape index (κ3) is 2.45. The zero-order valence-electron chi connectivity index (χ0n) is 10.7. The van der Waals surface area contributed by atoms with E-state index in [4.69, 9.17) is 4.74 Å². The van der Waals surface area contributed by atoms with Crippen molar-refractivity contribution in [2.45, 2.75) is 24.9 Å². The highest BCUT2D eigenvalue weighted by molar-refractivity contribution is 5.98. The Morgan fingerprint density at radius 1 is 1.15 bits per heavy atom. The number of hydrogen-bond acceptors (Lipinski definition) is 3. The first-order chi connectivity index (χ1) is 9.54. The fraction of sp³-hybridized carbons (Fsp3) is 0.500. The van der Waals surface area contributed by atoms with Gasteiger partial charge in [-0.25, -0.2) is 13.2 Å². The van der Waals surface area contributed by atoms with Crippen molar-refractivity contribution in [3.63, 3.8) is 0 Å². The van der Waals surface area contributed by atoms with E-state index in [1.165, 1.54) is 0 Å². The van der Waals surface area contributed by atoms with E-state index in [-0.39, 0.29) is 12.1 Å². The number of fused-ring (bicyclic) bond motifs is 2. The first kappa shape index (κ1) is 13.6. The lowest BCUT2D eigenvalue weighted by Crippen LogP contribution is -2.55. The molecule has 1 aromatic carbocycles. The molecule has 3 nitrogen and oxygen atoms in total. The summed E-state index contributed by atoms with van der Waals surface area (Å²) in [6, 6.07) is 1.29. The van der Waals surface area contributed by atoms with Gasteiger partial charge in [-0.05, 0) is 18.9 Å². The minimum atomic E-state index is -1.33. The Labute approximate surface area is 114 Å². The highest BCUT2D eigenvalue weighted by Gasteiger charge is 2.36. The molecule has 108 valence electrons. The molecule has 2 heterocycles. The summed E-state index contributed by atoms with van der Waals surface area (Å²) >= 11 is 0. The number of ketones is 1. The summed E-state index contributed by atoms with van der Waals surface area (Å²) in [5.41, 5.74) is -0.492. The van der Waals surface area contributed by atoms with Crippen LogP contribution in [0.4, 0.5) is 13.2 Å². The van der Waals surface area contributed by atoms with Gasteiger partial charge in [-0.2, -0.15) is 0 Å². The average Bonchev–Trinajstić information content (AvgIpc) is 2.41. The maximum atomic E-state index is 13.7. The number of ether oxygens (including phenoxy) is 1. The molecule has 1 aromatic rings. The predicted octanol–water partition coefficient (Wildman–Crippen LogP) is 2.05. The van der Waals surface area contributed by atoms with Crippen LogP contribution >= 0.6 is 0 Å². The van der Waals surface area contributed by atoms with Crippen molar-refractivity contribution in [2.24, 2.45) is 5.92 Å². The second-order valence-corrected chi connectivity index (χ2v) is 5.38. The zero-order valence-corrected chi connectivity index (χ0v) is 10.7. The molecular weight excluding hydrogens is 271 g/mol. The van der Waals surface area contributed by atoms with Gasteiger partial charge < -0.3 is 10.1 Å². The number of rotatable bonds is 2. The van der Waals surface area contributed by atoms with Gasteiger partial charge in [0.05, 0.1) is 18.8 Å². The second-order valence-electron chi connectivity index (χ2n) is 5.38. The summed E-state index contributed by atoms with van der Waals surface area (Å²) in [5.74, 6) is -4.49. The van der Waals surface area contributed by atoms with Gasteiger partial charge in [0.25, 0.3) is 0 Å². The fourth-order valence-corrected chi connectivity index (χ4v) is 3.01. The van der Waals surface area contributed by atoms with Crippen LogP contribution in [0.15, 0.2) is 12.1 Å². The highest BCUT2D eigenvalue weighted by Crippen LogP contribution is 2.28. The zero-order chi connectivity index (χ0) is 14.3. The topological polar surface area (TPSA) is 38.3 Å². The molecule has 0 aromatic heterocycles. The summed E-state index contributed by atoms with van der Waals surface area (Å²) in [7, 11) is 0. The maximum Gasteiger partial charge on any atom is 0.169 e. The molecule has 2 aliphatic heterocycles. The summed E-state index contributed by atoms with van der Waals surface area (Å²) in [5, 5.41) is 3.31. The highest BCUT2D eigenvalue weighted by atomic mass is 19.2. The summed E-state index contributed by atoms with van der Waals surface area (Å²) in [6.45, 7) is 1.00. The molecule has 0 spiro atoms. The third-order valence-electron chi connectivity index (χ3n) is 3.88. The van der Waals surface area contributed by atoms with Crippen molar-refractivity contribution in [2.75, 3.05) is 13.2 Å². The maximum absolute atomic E-state index is 13.7. The molecule has 0 radical (unpaired) electrons. The molecule has 3 rings (SSSR count). The van der Waals surface area contributed by atoms with Crippen molar-refractivity contribution in [3.8, 4) is 0 Å². The van der Waals surface area contributed by atoms with Crippen molar-refractivity contribution in [1.82, 2.24) is 5.32 Å². The predicted molar refractivity (Wildman–Crippen MR) is 64.9 cm³/mol. The Hall–Kier alpha value is -1.40. The van der Waals surface area contributed by atoms with Gasteiger partial charge in [0.1, 0.15) is 5.82 Å². The van der Waals surface area contributed by atoms with E-state index in [0.29, 0.717) is 32.1 Å². The van der Waals surface area contributed by atoms with Crippen LogP contribution in [0.3, 0.4) is 0 Å². The van der Waals surface area contributed by atoms with Gasteiger partial charge in [-0.3, -0.25) is 4.79 Å². The van der Waals surface area contributed by atoms with Gasteiger partial charge in [-0.15, -0.1) is 0 Å². The normalized spacial score (nSPS) is 29.2. The molecule has 2 unspecified atom stereocenters. The van der Waals surface area contributed by atoms with Crippen molar-refractivity contribution in [1.29, 1.82) is 0 Å². The number of benzene rings is 1. The number of carbonyl (C=O) groups is 1. The number of nitrogens with one attached hydrogen (secondary N) is 1. The summed E-state index contributed by atoms with van der Waals surface area (Å²) < 4.78 is 45.4. The fourth-order valence-electron chi connectivity index (χ4n) is 3.01. The molecule has 0 saturated carbocycles. The van der Waals surface area contributed by atoms with E-state index in [1.54, 1.807) is 0 Å². The smallest absolute Gasteiger partial charge is 0.169 e. The minimum absolute atomic E-state index is 0.0397. The van der Waals surface area contributed by atoms with Crippen LogP contribution in [-0.2, 0) is 4.74 Å². The summed E-state index contributed by atoms with van der Waals surface area (Å²) in [4.78, 5) is 12.3. The largest absolute Gasteiger partial charge is 0.378 e. The molecule has 2 saturated heterocycles. The van der Waals surface area contributed by atoms with E-state index < -0.39 is 34.7 Å². The lowest BCUT2D eigenvalue weighted by molar-refractivity contribution is 0.00943. The van der Waals surface area contributed by atoms with Crippen molar-refractivity contribution >= 4 is 5.78 Å². The van der Waals surface area contributed by atoms with Crippen molar-refractivity contribution < 1.29 is 22.7 Å². The van der Waals surface area contributed by atoms with Gasteiger partial charge in [0.2, 0.25) is 0 Å². The number of halogens is 3. The molecule has 2 fully saturated rings. The number of morpholine rings is 1. The SMILES string of the molecule is O=C(c1cc(F)cc(F)c1F)C1CC2COCC(C1)N2. The Kier molecular flexibility index (Phi) is 3.52. The third-order valence-corrected chi connectivity index (χ3v) is 3.88. The van der Waals surface area contributed by atoms with E-state index in [9.17, 15) is 18.0 Å². The van der Waals surface area contributed by atoms with Gasteiger partial charge in [0.15, 0.2) is 17.4 Å². The van der Waals surface area contributed by atoms with Crippen LogP contribution in [0.5, 0.6) is 0 Å². The minimum Gasteiger partial charge on any atom is -0.378 e. The summed E-state index contributed by atoms with van der Waals surface area (Å²) in [6.07, 6.45) is 0.986. The number of Topliss-reactive ketones (excluding diaryl/α,β-unsaturated/α-hetero) is 1. The molecule has 1 N–H and O–H groups in total. The van der Waals surface area contributed by atoms with E-state index >= 15 is 0 Å². The van der Waals surface area contributed by atoms with Crippen LogP contribution < -0.4 is 5.32 Å². The van der Waals surface area contributed by atoms with Crippen LogP contribution in [0.25, 0.3) is 0 Å². The Morgan fingerprint density at radius 2 is 1.80 bits per heavy atom. The lowest BCUT2D eigenvalue weighted by Gasteiger charge is -2.39. The Bertz CT molecular complexity index is 537. The van der Waals surface area contributed by atoms with Gasteiger partial charge >= 0.3 is 0 Å². The molecule has 2 aliphatic rings. The Balaban J connectivity index is 1.86. The molecule has 0 aliphatic carbocycles. The van der Waals surface area contributed by atoms with Gasteiger partial charge in [-0.1, -0.05) is 0 Å². The first-order valence-electron chi connectivity index (χ1n) is 6.57. The molecular formula is C14H14F3NO2. The lowest BCUT2D eigenvalue weighted by atomic mass is 9.82. The standard InChI is InChI=1S/C14H14F3NO2/c15-8-3-11(13(17)12(16)4-8)14(19)7-1-9-5-20-6-10(2-7)18-9/h3-4,7,9-10,18H,1-2,5-6H2. The number of hydrogen-bond donors (Lipinski definition) is 1. The molecule has 2 atom stereocenters.